The molecule has 1 saturated heterocycles. The molecule has 3 rings (SSSR count). The highest BCUT2D eigenvalue weighted by molar-refractivity contribution is 9.10. The van der Waals surface area contributed by atoms with Crippen LogP contribution in [0.3, 0.4) is 0 Å². The number of aliphatic hydroxyl groups is 2. The fourth-order valence-corrected chi connectivity index (χ4v) is 2.99. The Kier molecular flexibility index (Phi) is 4.18. The highest BCUT2D eigenvalue weighted by atomic mass is 79.9. The fraction of sp³-hybridized carbons (Fsp3) is 0.429. The molecule has 8 heteroatoms. The molecule has 7 nitrogen and oxygen atoms in total. The lowest BCUT2D eigenvalue weighted by Crippen LogP contribution is -2.44. The van der Waals surface area contributed by atoms with Gasteiger partial charge in [-0.1, -0.05) is 6.08 Å². The van der Waals surface area contributed by atoms with E-state index in [1.807, 2.05) is 0 Å². The van der Waals surface area contributed by atoms with E-state index in [2.05, 4.69) is 21.2 Å². The molecule has 1 aromatic rings. The Balaban J connectivity index is 1.89. The van der Waals surface area contributed by atoms with Crippen molar-refractivity contribution in [1.29, 1.82) is 0 Å². The number of rotatable bonds is 3. The smallest absolute Gasteiger partial charge is 0.261 e. The fourth-order valence-electron chi connectivity index (χ4n) is 2.68. The minimum Gasteiger partial charge on any atom is -0.449 e. The Bertz CT molecular complexity index is 639. The predicted octanol–water partition coefficient (Wildman–Crippen LogP) is 0.209. The molecule has 0 spiro atoms. The van der Waals surface area contributed by atoms with Gasteiger partial charge < -0.3 is 19.4 Å². The molecule has 0 aromatic carbocycles. The number of halogens is 1. The molecule has 4 atom stereocenters. The second-order valence-electron chi connectivity index (χ2n) is 5.23. The van der Waals surface area contributed by atoms with Crippen LogP contribution in [0, 0.1) is 5.92 Å². The van der Waals surface area contributed by atoms with Crippen molar-refractivity contribution in [2.45, 2.75) is 24.7 Å². The Morgan fingerprint density at radius 2 is 2.14 bits per heavy atom. The monoisotopic (exact) mass is 371 g/mol. The van der Waals surface area contributed by atoms with Crippen LogP contribution in [0.4, 0.5) is 0 Å². The quantitative estimate of drug-likeness (QED) is 0.655. The van der Waals surface area contributed by atoms with E-state index in [1.165, 1.54) is 6.08 Å². The minimum absolute atomic E-state index is 0.211. The van der Waals surface area contributed by atoms with Crippen LogP contribution < -0.4 is 5.32 Å². The zero-order valence-electron chi connectivity index (χ0n) is 11.4. The Morgan fingerprint density at radius 3 is 2.73 bits per heavy atom. The van der Waals surface area contributed by atoms with Gasteiger partial charge in [0.15, 0.2) is 4.67 Å². The van der Waals surface area contributed by atoms with Crippen molar-refractivity contribution in [3.05, 3.63) is 28.6 Å². The van der Waals surface area contributed by atoms with Gasteiger partial charge >= 0.3 is 0 Å². The van der Waals surface area contributed by atoms with E-state index in [0.717, 1.165) is 0 Å². The van der Waals surface area contributed by atoms with Crippen LogP contribution >= 0.6 is 15.9 Å². The molecule has 3 N–H and O–H groups in total. The maximum absolute atomic E-state index is 12.0. The van der Waals surface area contributed by atoms with Crippen molar-refractivity contribution in [1.82, 2.24) is 5.32 Å². The Labute approximate surface area is 134 Å². The Morgan fingerprint density at radius 1 is 1.36 bits per heavy atom. The number of hydrogen-bond donors (Lipinski definition) is 3. The molecule has 1 unspecified atom stereocenters. The van der Waals surface area contributed by atoms with Crippen molar-refractivity contribution in [3.63, 3.8) is 0 Å². The summed E-state index contributed by atoms with van der Waals surface area (Å²) >= 11 is 3.16. The first-order valence-electron chi connectivity index (χ1n) is 6.76. The van der Waals surface area contributed by atoms with E-state index in [-0.39, 0.29) is 18.6 Å². The van der Waals surface area contributed by atoms with Crippen LogP contribution in [0.25, 0.3) is 5.57 Å². The number of furan rings is 1. The van der Waals surface area contributed by atoms with Gasteiger partial charge in [-0.25, -0.2) is 0 Å². The summed E-state index contributed by atoms with van der Waals surface area (Å²) < 4.78 is 11.3. The van der Waals surface area contributed by atoms with Crippen LogP contribution in [-0.2, 0) is 14.3 Å². The summed E-state index contributed by atoms with van der Waals surface area (Å²) in [6, 6.07) is 3.26. The number of amides is 2. The summed E-state index contributed by atoms with van der Waals surface area (Å²) in [7, 11) is 0. The first-order valence-corrected chi connectivity index (χ1v) is 7.56. The maximum atomic E-state index is 12.0. The first kappa shape index (κ1) is 15.4. The van der Waals surface area contributed by atoms with Crippen molar-refractivity contribution >= 4 is 33.3 Å². The predicted molar refractivity (Wildman–Crippen MR) is 77.4 cm³/mol. The molecule has 1 aromatic heterocycles. The maximum Gasteiger partial charge on any atom is 0.261 e. The van der Waals surface area contributed by atoms with E-state index in [9.17, 15) is 14.7 Å². The van der Waals surface area contributed by atoms with Crippen LogP contribution in [0.15, 0.2) is 27.3 Å². The van der Waals surface area contributed by atoms with Crippen LogP contribution in [-0.4, -0.2) is 46.9 Å². The zero-order valence-corrected chi connectivity index (χ0v) is 12.9. The second kappa shape index (κ2) is 5.96. The lowest BCUT2D eigenvalue weighted by atomic mass is 9.91. The SMILES string of the molecule is O=C1NC(=O)C([C@H]2C[C@H](O)[C@@H](CO)O2)C=C1c1ccc(Br)o1. The number of ether oxygens (including phenoxy) is 1. The molecule has 0 radical (unpaired) electrons. The summed E-state index contributed by atoms with van der Waals surface area (Å²) in [5.41, 5.74) is 0.237. The summed E-state index contributed by atoms with van der Waals surface area (Å²) in [5, 5.41) is 21.2. The second-order valence-corrected chi connectivity index (χ2v) is 6.01. The summed E-state index contributed by atoms with van der Waals surface area (Å²) in [6.45, 7) is -0.327. The molecule has 2 aliphatic heterocycles. The standard InChI is InChI=1S/C14H14BrNO6/c15-12-2-1-9(22-12)6-3-7(14(20)16-13(6)19)10-4-8(18)11(5-17)21-10/h1-3,7-8,10-11,17-18H,4-5H2,(H,16,19,20)/t7?,8-,10+,11+/m0/s1. The molecular weight excluding hydrogens is 358 g/mol. The molecule has 2 amide bonds. The van der Waals surface area contributed by atoms with Gasteiger partial charge in [0, 0.05) is 6.42 Å². The molecule has 0 aliphatic carbocycles. The van der Waals surface area contributed by atoms with Crippen molar-refractivity contribution in [2.75, 3.05) is 6.61 Å². The Hall–Kier alpha value is -1.48. The molecule has 1 fully saturated rings. The molecule has 2 aliphatic rings. The highest BCUT2D eigenvalue weighted by Gasteiger charge is 2.42. The molecule has 0 saturated carbocycles. The van der Waals surface area contributed by atoms with E-state index >= 15 is 0 Å². The molecular formula is C14H14BrNO6. The normalized spacial score (nSPS) is 32.0. The summed E-state index contributed by atoms with van der Waals surface area (Å²) in [5.74, 6) is -1.43. The third-order valence-corrected chi connectivity index (χ3v) is 4.23. The van der Waals surface area contributed by atoms with Gasteiger partial charge in [0.1, 0.15) is 11.9 Å². The van der Waals surface area contributed by atoms with Crippen LogP contribution in [0.2, 0.25) is 0 Å². The molecule has 3 heterocycles. The number of carbonyl (C=O) groups excluding carboxylic acids is 2. The van der Waals surface area contributed by atoms with Gasteiger partial charge in [0.2, 0.25) is 5.91 Å². The molecule has 22 heavy (non-hydrogen) atoms. The van der Waals surface area contributed by atoms with Crippen LogP contribution in [0.1, 0.15) is 12.2 Å². The number of aliphatic hydroxyl groups excluding tert-OH is 2. The van der Waals surface area contributed by atoms with E-state index in [1.54, 1.807) is 12.1 Å². The average molecular weight is 372 g/mol. The van der Waals surface area contributed by atoms with Gasteiger partial charge in [0.25, 0.3) is 5.91 Å². The van der Waals surface area contributed by atoms with Crippen LogP contribution in [0.5, 0.6) is 0 Å². The van der Waals surface area contributed by atoms with Crippen molar-refractivity contribution < 1.29 is 29.0 Å². The van der Waals surface area contributed by atoms with Gasteiger partial charge in [-0.3, -0.25) is 14.9 Å². The van der Waals surface area contributed by atoms with E-state index in [0.29, 0.717) is 10.4 Å². The summed E-state index contributed by atoms with van der Waals surface area (Å²) in [4.78, 5) is 24.0. The minimum atomic E-state index is -0.838. The van der Waals surface area contributed by atoms with E-state index < -0.39 is 36.0 Å². The average Bonchev–Trinajstić information content (AvgIpc) is 3.05. The number of imide groups is 1. The number of carbonyl (C=O) groups is 2. The van der Waals surface area contributed by atoms with Crippen molar-refractivity contribution in [3.8, 4) is 0 Å². The molecule has 118 valence electrons. The number of hydrogen-bond acceptors (Lipinski definition) is 6. The highest BCUT2D eigenvalue weighted by Crippen LogP contribution is 2.32. The van der Waals surface area contributed by atoms with Gasteiger partial charge in [-0.2, -0.15) is 0 Å². The third kappa shape index (κ3) is 2.74. The lowest BCUT2D eigenvalue weighted by molar-refractivity contribution is -0.133. The van der Waals surface area contributed by atoms with E-state index in [4.69, 9.17) is 14.3 Å². The largest absolute Gasteiger partial charge is 0.449 e. The topological polar surface area (TPSA) is 109 Å². The van der Waals surface area contributed by atoms with Crippen molar-refractivity contribution in [2.24, 2.45) is 5.92 Å². The number of nitrogens with one attached hydrogen (secondary N) is 1. The first-order chi connectivity index (χ1) is 10.5. The lowest BCUT2D eigenvalue weighted by Gasteiger charge is -2.24. The summed E-state index contributed by atoms with van der Waals surface area (Å²) in [6.07, 6.45) is -0.457. The van der Waals surface area contributed by atoms with Gasteiger partial charge in [0.05, 0.1) is 30.3 Å². The van der Waals surface area contributed by atoms with Gasteiger partial charge in [-0.15, -0.1) is 0 Å². The third-order valence-electron chi connectivity index (χ3n) is 3.80. The molecule has 0 bridgehead atoms. The zero-order chi connectivity index (χ0) is 15.9. The van der Waals surface area contributed by atoms with Gasteiger partial charge in [-0.05, 0) is 28.1 Å².